The van der Waals surface area contributed by atoms with E-state index < -0.39 is 0 Å². The van der Waals surface area contributed by atoms with Gasteiger partial charge in [-0.25, -0.2) is 15.0 Å². The molecule has 0 aromatic carbocycles. The number of nitrogens with one attached hydrogen (secondary N) is 1. The van der Waals surface area contributed by atoms with Crippen LogP contribution in [0.3, 0.4) is 0 Å². The zero-order valence-electron chi connectivity index (χ0n) is 12.0. The molecular weight excluding hydrogens is 264 g/mol. The molecule has 0 amide bonds. The summed E-state index contributed by atoms with van der Waals surface area (Å²) >= 11 is 0. The topological polar surface area (TPSA) is 80.0 Å². The molecule has 3 heterocycles. The molecule has 0 atom stereocenters. The summed E-state index contributed by atoms with van der Waals surface area (Å²) < 4.78 is 0. The number of anilines is 2. The highest BCUT2D eigenvalue weighted by atomic mass is 15.2. The maximum atomic E-state index is 5.71. The van der Waals surface area contributed by atoms with E-state index in [-0.39, 0.29) is 0 Å². The van der Waals surface area contributed by atoms with Crippen molar-refractivity contribution in [3.63, 3.8) is 0 Å². The molecular formula is C15H20N6. The third-order valence-corrected chi connectivity index (χ3v) is 4.45. The Morgan fingerprint density at radius 1 is 1.10 bits per heavy atom. The van der Waals surface area contributed by atoms with Gasteiger partial charge in [-0.2, -0.15) is 0 Å². The number of aromatic nitrogens is 3. The van der Waals surface area contributed by atoms with E-state index in [1.807, 2.05) is 6.07 Å². The van der Waals surface area contributed by atoms with Gasteiger partial charge in [-0.1, -0.05) is 0 Å². The standard InChI is InChI=1S/C15H20N6/c16-13-4-3-12-14(17-9-18-15(12)20-13)19-10-5-7-21(8-6-10)11-1-2-11/h3-4,9-11H,1-2,5-8H2,(H3,16,17,18,19,20). The van der Waals surface area contributed by atoms with E-state index in [1.54, 1.807) is 12.4 Å². The highest BCUT2D eigenvalue weighted by molar-refractivity contribution is 5.87. The van der Waals surface area contributed by atoms with E-state index >= 15 is 0 Å². The maximum Gasteiger partial charge on any atom is 0.166 e. The maximum absolute atomic E-state index is 5.71. The molecule has 1 saturated heterocycles. The van der Waals surface area contributed by atoms with Crippen molar-refractivity contribution in [1.82, 2.24) is 19.9 Å². The predicted molar refractivity (Wildman–Crippen MR) is 83.0 cm³/mol. The van der Waals surface area contributed by atoms with Gasteiger partial charge in [-0.15, -0.1) is 0 Å². The first kappa shape index (κ1) is 12.8. The molecule has 2 aromatic rings. The second kappa shape index (κ2) is 5.11. The van der Waals surface area contributed by atoms with Crippen molar-refractivity contribution in [2.24, 2.45) is 0 Å². The Morgan fingerprint density at radius 2 is 1.90 bits per heavy atom. The van der Waals surface area contributed by atoms with Gasteiger partial charge in [-0.05, 0) is 37.8 Å². The van der Waals surface area contributed by atoms with Gasteiger partial charge in [-0.3, -0.25) is 0 Å². The van der Waals surface area contributed by atoms with E-state index in [0.29, 0.717) is 17.5 Å². The third kappa shape index (κ3) is 2.63. The molecule has 0 bridgehead atoms. The van der Waals surface area contributed by atoms with Crippen molar-refractivity contribution >= 4 is 22.7 Å². The van der Waals surface area contributed by atoms with Gasteiger partial charge in [0.2, 0.25) is 0 Å². The number of hydrogen-bond donors (Lipinski definition) is 2. The van der Waals surface area contributed by atoms with Crippen molar-refractivity contribution in [3.05, 3.63) is 18.5 Å². The van der Waals surface area contributed by atoms with Crippen molar-refractivity contribution in [3.8, 4) is 0 Å². The van der Waals surface area contributed by atoms with E-state index in [0.717, 1.165) is 17.2 Å². The van der Waals surface area contributed by atoms with Crippen molar-refractivity contribution in [2.45, 2.75) is 37.8 Å². The fourth-order valence-electron chi connectivity index (χ4n) is 3.11. The zero-order chi connectivity index (χ0) is 14.2. The van der Waals surface area contributed by atoms with E-state index in [9.17, 15) is 0 Å². The molecule has 0 unspecified atom stereocenters. The van der Waals surface area contributed by atoms with Crippen molar-refractivity contribution < 1.29 is 0 Å². The predicted octanol–water partition coefficient (Wildman–Crippen LogP) is 1.65. The van der Waals surface area contributed by atoms with Crippen LogP contribution in [0.4, 0.5) is 11.6 Å². The minimum Gasteiger partial charge on any atom is -0.384 e. The number of nitrogens with zero attached hydrogens (tertiary/aromatic N) is 4. The molecule has 6 nitrogen and oxygen atoms in total. The Bertz CT molecular complexity index is 646. The van der Waals surface area contributed by atoms with Crippen LogP contribution in [0.1, 0.15) is 25.7 Å². The Hall–Kier alpha value is -1.95. The summed E-state index contributed by atoms with van der Waals surface area (Å²) in [6.45, 7) is 2.38. The Morgan fingerprint density at radius 3 is 2.67 bits per heavy atom. The fourth-order valence-corrected chi connectivity index (χ4v) is 3.11. The number of hydrogen-bond acceptors (Lipinski definition) is 6. The molecule has 2 aromatic heterocycles. The molecule has 4 rings (SSSR count). The van der Waals surface area contributed by atoms with Crippen LogP contribution in [0.2, 0.25) is 0 Å². The second-order valence-electron chi connectivity index (χ2n) is 6.02. The van der Waals surface area contributed by atoms with E-state index in [4.69, 9.17) is 5.73 Å². The fraction of sp³-hybridized carbons (Fsp3) is 0.533. The van der Waals surface area contributed by atoms with Crippen LogP contribution in [-0.4, -0.2) is 45.0 Å². The number of likely N-dealkylation sites (tertiary alicyclic amines) is 1. The summed E-state index contributed by atoms with van der Waals surface area (Å²) in [7, 11) is 0. The lowest BCUT2D eigenvalue weighted by Crippen LogP contribution is -2.40. The Balaban J connectivity index is 1.49. The molecule has 21 heavy (non-hydrogen) atoms. The molecule has 6 heteroatoms. The zero-order valence-corrected chi connectivity index (χ0v) is 12.0. The molecule has 2 fully saturated rings. The Kier molecular flexibility index (Phi) is 3.11. The number of nitrogen functional groups attached to an aromatic ring is 1. The summed E-state index contributed by atoms with van der Waals surface area (Å²) in [5, 5.41) is 4.51. The number of rotatable bonds is 3. The second-order valence-corrected chi connectivity index (χ2v) is 6.02. The van der Waals surface area contributed by atoms with Crippen LogP contribution in [0.25, 0.3) is 11.0 Å². The average molecular weight is 284 g/mol. The lowest BCUT2D eigenvalue weighted by atomic mass is 10.0. The van der Waals surface area contributed by atoms with E-state index in [2.05, 4.69) is 25.2 Å². The van der Waals surface area contributed by atoms with Gasteiger partial charge < -0.3 is 16.0 Å². The summed E-state index contributed by atoms with van der Waals surface area (Å²) in [4.78, 5) is 15.4. The normalized spacial score (nSPS) is 20.8. The van der Waals surface area contributed by atoms with Gasteiger partial charge in [0, 0.05) is 25.2 Å². The Labute approximate surface area is 123 Å². The molecule has 1 aliphatic heterocycles. The smallest absolute Gasteiger partial charge is 0.166 e. The van der Waals surface area contributed by atoms with Crippen LogP contribution in [-0.2, 0) is 0 Å². The average Bonchev–Trinajstić information content (AvgIpc) is 3.33. The lowest BCUT2D eigenvalue weighted by Gasteiger charge is -2.32. The molecule has 110 valence electrons. The van der Waals surface area contributed by atoms with Gasteiger partial charge in [0.05, 0.1) is 5.39 Å². The first-order valence-corrected chi connectivity index (χ1v) is 7.67. The SMILES string of the molecule is Nc1ccc2c(NC3CCN(C4CC4)CC3)ncnc2n1. The third-order valence-electron chi connectivity index (χ3n) is 4.45. The lowest BCUT2D eigenvalue weighted by molar-refractivity contribution is 0.210. The highest BCUT2D eigenvalue weighted by Crippen LogP contribution is 2.30. The monoisotopic (exact) mass is 284 g/mol. The number of pyridine rings is 1. The minimum absolute atomic E-state index is 0.482. The first-order valence-electron chi connectivity index (χ1n) is 7.67. The summed E-state index contributed by atoms with van der Waals surface area (Å²) in [6, 6.07) is 5.10. The minimum atomic E-state index is 0.482. The largest absolute Gasteiger partial charge is 0.384 e. The van der Waals surface area contributed by atoms with Crippen LogP contribution >= 0.6 is 0 Å². The number of nitrogens with two attached hydrogens (primary N) is 1. The van der Waals surface area contributed by atoms with Crippen LogP contribution in [0, 0.1) is 0 Å². The summed E-state index contributed by atoms with van der Waals surface area (Å²) in [5.41, 5.74) is 6.37. The summed E-state index contributed by atoms with van der Waals surface area (Å²) in [5.74, 6) is 1.36. The van der Waals surface area contributed by atoms with Gasteiger partial charge in [0.25, 0.3) is 0 Å². The number of piperidine rings is 1. The van der Waals surface area contributed by atoms with Gasteiger partial charge in [0.15, 0.2) is 5.65 Å². The number of fused-ring (bicyclic) bond motifs is 1. The molecule has 0 radical (unpaired) electrons. The van der Waals surface area contributed by atoms with E-state index in [1.165, 1.54) is 38.8 Å². The van der Waals surface area contributed by atoms with Crippen LogP contribution in [0.15, 0.2) is 18.5 Å². The first-order chi connectivity index (χ1) is 10.3. The summed E-state index contributed by atoms with van der Waals surface area (Å²) in [6.07, 6.45) is 6.68. The van der Waals surface area contributed by atoms with Crippen molar-refractivity contribution in [2.75, 3.05) is 24.1 Å². The van der Waals surface area contributed by atoms with Crippen LogP contribution in [0.5, 0.6) is 0 Å². The molecule has 1 saturated carbocycles. The molecule has 0 spiro atoms. The van der Waals surface area contributed by atoms with Gasteiger partial charge >= 0.3 is 0 Å². The molecule has 2 aliphatic rings. The van der Waals surface area contributed by atoms with Crippen molar-refractivity contribution in [1.29, 1.82) is 0 Å². The van der Waals surface area contributed by atoms with Gasteiger partial charge in [0.1, 0.15) is 18.0 Å². The highest BCUT2D eigenvalue weighted by Gasteiger charge is 2.31. The molecule has 3 N–H and O–H groups in total. The quantitative estimate of drug-likeness (QED) is 0.892. The van der Waals surface area contributed by atoms with Crippen LogP contribution < -0.4 is 11.1 Å². The molecule has 1 aliphatic carbocycles.